The number of fused-ring (bicyclic) bond motifs is 1. The third-order valence-corrected chi connectivity index (χ3v) is 3.54. The van der Waals surface area contributed by atoms with Gasteiger partial charge in [0.2, 0.25) is 11.8 Å². The lowest BCUT2D eigenvalue weighted by Gasteiger charge is -2.18. The molecule has 0 unspecified atom stereocenters. The van der Waals surface area contributed by atoms with E-state index in [0.29, 0.717) is 11.6 Å². The fraction of sp³-hybridized carbons (Fsp3) is 0.333. The van der Waals surface area contributed by atoms with Crippen molar-refractivity contribution < 1.29 is 9.59 Å². The van der Waals surface area contributed by atoms with Crippen molar-refractivity contribution in [2.24, 2.45) is 11.5 Å². The Balaban J connectivity index is 2.26. The van der Waals surface area contributed by atoms with Crippen LogP contribution < -0.4 is 16.8 Å². The quantitative estimate of drug-likeness (QED) is 0.633. The first-order valence-corrected chi connectivity index (χ1v) is 7.08. The highest BCUT2D eigenvalue weighted by Crippen LogP contribution is 2.24. The molecule has 0 aliphatic carbocycles. The summed E-state index contributed by atoms with van der Waals surface area (Å²) < 4.78 is 0. The Bertz CT molecular complexity index is 655. The standard InChI is InChI=1S/C12H16N6O2S/c1-15-11-7-2-3-21-12(7)17-10(16-11)6-18(4-8(13)19)5-9(14)20/h2-3H,4-6H2,1H3,(H2,13,19)(H2,14,20)(H,15,16,17). The van der Waals surface area contributed by atoms with Crippen LogP contribution in [-0.2, 0) is 16.1 Å². The molecule has 2 aromatic rings. The number of nitrogens with zero attached hydrogens (tertiary/aromatic N) is 3. The summed E-state index contributed by atoms with van der Waals surface area (Å²) in [5.74, 6) is 0.121. The normalized spacial score (nSPS) is 11.0. The van der Waals surface area contributed by atoms with Gasteiger partial charge >= 0.3 is 0 Å². The molecule has 0 atom stereocenters. The first-order chi connectivity index (χ1) is 9.99. The zero-order valence-corrected chi connectivity index (χ0v) is 12.3. The summed E-state index contributed by atoms with van der Waals surface area (Å²) in [5, 5.41) is 5.86. The average molecular weight is 308 g/mol. The van der Waals surface area contributed by atoms with E-state index in [1.54, 1.807) is 7.05 Å². The maximum Gasteiger partial charge on any atom is 0.231 e. The van der Waals surface area contributed by atoms with Gasteiger partial charge in [-0.3, -0.25) is 14.5 Å². The second-order valence-corrected chi connectivity index (χ2v) is 5.35. The second kappa shape index (κ2) is 6.46. The van der Waals surface area contributed by atoms with E-state index in [0.717, 1.165) is 10.2 Å². The lowest BCUT2D eigenvalue weighted by Crippen LogP contribution is -2.39. The highest BCUT2D eigenvalue weighted by molar-refractivity contribution is 7.16. The van der Waals surface area contributed by atoms with Crippen LogP contribution in [0.2, 0.25) is 0 Å². The number of aromatic nitrogens is 2. The molecule has 0 aliphatic heterocycles. The zero-order valence-electron chi connectivity index (χ0n) is 11.5. The van der Waals surface area contributed by atoms with Crippen LogP contribution in [0, 0.1) is 0 Å². The molecular weight excluding hydrogens is 292 g/mol. The van der Waals surface area contributed by atoms with E-state index < -0.39 is 11.8 Å². The number of nitrogens with two attached hydrogens (primary N) is 2. The molecule has 0 spiro atoms. The van der Waals surface area contributed by atoms with Crippen LogP contribution >= 0.6 is 11.3 Å². The Morgan fingerprint density at radius 2 is 1.95 bits per heavy atom. The van der Waals surface area contributed by atoms with Crippen molar-refractivity contribution in [1.82, 2.24) is 14.9 Å². The molecule has 21 heavy (non-hydrogen) atoms. The summed E-state index contributed by atoms with van der Waals surface area (Å²) in [7, 11) is 1.77. The molecule has 0 aliphatic rings. The van der Waals surface area contributed by atoms with Crippen LogP contribution in [0.5, 0.6) is 0 Å². The van der Waals surface area contributed by atoms with Gasteiger partial charge in [0, 0.05) is 7.05 Å². The first kappa shape index (κ1) is 15.1. The van der Waals surface area contributed by atoms with Gasteiger partial charge in [-0.25, -0.2) is 9.97 Å². The molecule has 2 aromatic heterocycles. The highest BCUT2D eigenvalue weighted by atomic mass is 32.1. The summed E-state index contributed by atoms with van der Waals surface area (Å²) in [6, 6.07) is 1.93. The van der Waals surface area contributed by atoms with Crippen molar-refractivity contribution in [3.63, 3.8) is 0 Å². The zero-order chi connectivity index (χ0) is 15.4. The molecule has 0 radical (unpaired) electrons. The number of rotatable bonds is 7. The van der Waals surface area contributed by atoms with Crippen LogP contribution in [0.3, 0.4) is 0 Å². The molecule has 2 heterocycles. The minimum Gasteiger partial charge on any atom is -0.372 e. The van der Waals surface area contributed by atoms with Crippen molar-refractivity contribution in [3.8, 4) is 0 Å². The van der Waals surface area contributed by atoms with Crippen molar-refractivity contribution in [2.45, 2.75) is 6.54 Å². The summed E-state index contributed by atoms with van der Waals surface area (Å²) in [6.07, 6.45) is 0. The molecule has 0 fully saturated rings. The topological polar surface area (TPSA) is 127 Å². The predicted molar refractivity (Wildman–Crippen MR) is 80.6 cm³/mol. The number of amides is 2. The first-order valence-electron chi connectivity index (χ1n) is 6.20. The molecule has 0 aromatic carbocycles. The van der Waals surface area contributed by atoms with Crippen molar-refractivity contribution in [3.05, 3.63) is 17.3 Å². The van der Waals surface area contributed by atoms with Gasteiger partial charge < -0.3 is 16.8 Å². The Labute approximate surface area is 125 Å². The Hall–Kier alpha value is -2.26. The monoisotopic (exact) mass is 308 g/mol. The van der Waals surface area contributed by atoms with E-state index in [1.807, 2.05) is 11.4 Å². The van der Waals surface area contributed by atoms with Gasteiger partial charge in [-0.1, -0.05) is 0 Å². The van der Waals surface area contributed by atoms with Gasteiger partial charge in [-0.2, -0.15) is 0 Å². The minimum atomic E-state index is -0.540. The van der Waals surface area contributed by atoms with E-state index in [2.05, 4.69) is 15.3 Å². The molecule has 0 saturated carbocycles. The lowest BCUT2D eigenvalue weighted by atomic mass is 10.3. The van der Waals surface area contributed by atoms with Crippen LogP contribution in [0.25, 0.3) is 10.2 Å². The number of anilines is 1. The van der Waals surface area contributed by atoms with Crippen LogP contribution in [0.4, 0.5) is 5.82 Å². The minimum absolute atomic E-state index is 0.0797. The van der Waals surface area contributed by atoms with Gasteiger partial charge in [0.15, 0.2) is 0 Å². The van der Waals surface area contributed by atoms with Crippen molar-refractivity contribution in [1.29, 1.82) is 0 Å². The molecule has 2 amide bonds. The summed E-state index contributed by atoms with van der Waals surface area (Å²) >= 11 is 1.49. The highest BCUT2D eigenvalue weighted by Gasteiger charge is 2.15. The second-order valence-electron chi connectivity index (χ2n) is 4.46. The largest absolute Gasteiger partial charge is 0.372 e. The van der Waals surface area contributed by atoms with E-state index in [1.165, 1.54) is 16.2 Å². The number of hydrogen-bond donors (Lipinski definition) is 3. The van der Waals surface area contributed by atoms with E-state index in [9.17, 15) is 9.59 Å². The molecule has 8 nitrogen and oxygen atoms in total. The third kappa shape index (κ3) is 3.86. The molecule has 9 heteroatoms. The van der Waals surface area contributed by atoms with Crippen LogP contribution in [-0.4, -0.2) is 46.8 Å². The SMILES string of the molecule is CNc1nc(CN(CC(N)=O)CC(N)=O)nc2sccc12. The molecule has 5 N–H and O–H groups in total. The number of nitrogens with one attached hydrogen (secondary N) is 1. The number of carbonyl (C=O) groups excluding carboxylic acids is 2. The number of primary amides is 2. The summed E-state index contributed by atoms with van der Waals surface area (Å²) in [6.45, 7) is 0.0573. The van der Waals surface area contributed by atoms with Crippen molar-refractivity contribution >= 4 is 39.2 Å². The number of hydrogen-bond acceptors (Lipinski definition) is 7. The Morgan fingerprint density at radius 1 is 1.29 bits per heavy atom. The predicted octanol–water partition coefficient (Wildman–Crippen LogP) is -0.494. The molecule has 0 bridgehead atoms. The van der Waals surface area contributed by atoms with Gasteiger partial charge in [-0.05, 0) is 11.4 Å². The molecule has 112 valence electrons. The van der Waals surface area contributed by atoms with Crippen molar-refractivity contribution in [2.75, 3.05) is 25.5 Å². The van der Waals surface area contributed by atoms with Crippen LogP contribution in [0.15, 0.2) is 11.4 Å². The van der Waals surface area contributed by atoms with Crippen LogP contribution in [0.1, 0.15) is 5.82 Å². The molecular formula is C12H16N6O2S. The number of carbonyl (C=O) groups is 2. The maximum atomic E-state index is 11.1. The van der Waals surface area contributed by atoms with Gasteiger partial charge in [0.25, 0.3) is 0 Å². The fourth-order valence-electron chi connectivity index (χ4n) is 1.97. The van der Waals surface area contributed by atoms with Gasteiger partial charge in [0.1, 0.15) is 16.5 Å². The fourth-order valence-corrected chi connectivity index (χ4v) is 2.75. The van der Waals surface area contributed by atoms with Gasteiger partial charge in [0.05, 0.1) is 25.0 Å². The van der Waals surface area contributed by atoms with E-state index in [4.69, 9.17) is 11.5 Å². The lowest BCUT2D eigenvalue weighted by molar-refractivity contribution is -0.122. The summed E-state index contributed by atoms with van der Waals surface area (Å²) in [5.41, 5.74) is 10.3. The Kier molecular flexibility index (Phi) is 4.66. The van der Waals surface area contributed by atoms with Gasteiger partial charge in [-0.15, -0.1) is 11.3 Å². The molecule has 2 rings (SSSR count). The van der Waals surface area contributed by atoms with E-state index >= 15 is 0 Å². The Morgan fingerprint density at radius 3 is 2.52 bits per heavy atom. The average Bonchev–Trinajstić information content (AvgIpc) is 2.84. The van der Waals surface area contributed by atoms with E-state index in [-0.39, 0.29) is 19.6 Å². The number of thiophene rings is 1. The third-order valence-electron chi connectivity index (χ3n) is 2.73. The maximum absolute atomic E-state index is 11.1. The smallest absolute Gasteiger partial charge is 0.231 e. The molecule has 0 saturated heterocycles. The summed E-state index contributed by atoms with van der Waals surface area (Å²) in [4.78, 5) is 33.3.